The molecule has 1 saturated heterocycles. The topological polar surface area (TPSA) is 80.5 Å². The highest BCUT2D eigenvalue weighted by atomic mass is 16.6. The molecular weight excluding hydrogens is 356 g/mol. The average Bonchev–Trinajstić information content (AvgIpc) is 3.10. The summed E-state index contributed by atoms with van der Waals surface area (Å²) in [6.45, 7) is 2.16. The highest BCUT2D eigenvalue weighted by Crippen LogP contribution is 2.23. The predicted octanol–water partition coefficient (Wildman–Crippen LogP) is 2.97. The first-order valence-corrected chi connectivity index (χ1v) is 9.61. The summed E-state index contributed by atoms with van der Waals surface area (Å²) in [6, 6.07) is 13.4. The largest absolute Gasteiger partial charge is 0.445 e. The van der Waals surface area contributed by atoms with E-state index in [0.29, 0.717) is 25.5 Å². The molecule has 7 nitrogen and oxygen atoms in total. The number of likely N-dealkylation sites (tertiary alicyclic amines) is 1. The van der Waals surface area contributed by atoms with Gasteiger partial charge in [-0.2, -0.15) is 0 Å². The molecule has 0 spiro atoms. The van der Waals surface area contributed by atoms with Gasteiger partial charge in [0.1, 0.15) is 24.6 Å². The Hall–Kier alpha value is -2.93. The number of rotatable bonds is 5. The average molecular weight is 380 g/mol. The number of fused-ring (bicyclic) bond motifs is 1. The van der Waals surface area contributed by atoms with E-state index in [0.717, 1.165) is 29.6 Å². The van der Waals surface area contributed by atoms with Gasteiger partial charge in [0, 0.05) is 25.8 Å². The van der Waals surface area contributed by atoms with Crippen LogP contribution in [0.2, 0.25) is 0 Å². The van der Waals surface area contributed by atoms with Gasteiger partial charge in [-0.1, -0.05) is 30.3 Å². The molecule has 3 aromatic rings. The van der Waals surface area contributed by atoms with Crippen molar-refractivity contribution in [3.05, 3.63) is 60.0 Å². The van der Waals surface area contributed by atoms with E-state index in [1.165, 1.54) is 0 Å². The van der Waals surface area contributed by atoms with E-state index in [9.17, 15) is 9.90 Å². The van der Waals surface area contributed by atoms with Crippen molar-refractivity contribution < 1.29 is 14.6 Å². The minimum absolute atomic E-state index is 0.133. The normalized spacial score (nSPS) is 17.0. The van der Waals surface area contributed by atoms with Gasteiger partial charge in [-0.3, -0.25) is 0 Å². The molecule has 1 aromatic carbocycles. The zero-order valence-corrected chi connectivity index (χ0v) is 15.7. The molecule has 2 aromatic heterocycles. The first-order chi connectivity index (χ1) is 13.7. The highest BCUT2D eigenvalue weighted by Gasteiger charge is 2.26. The number of aliphatic hydroxyl groups is 1. The molecular formula is C21H24N4O3. The number of benzene rings is 1. The van der Waals surface area contributed by atoms with E-state index in [1.54, 1.807) is 11.1 Å². The molecule has 4 rings (SSSR count). The number of imidazole rings is 1. The van der Waals surface area contributed by atoms with Crippen LogP contribution in [0.3, 0.4) is 0 Å². The maximum Gasteiger partial charge on any atom is 0.410 e. The van der Waals surface area contributed by atoms with Crippen LogP contribution in [0.4, 0.5) is 4.79 Å². The Labute approximate surface area is 163 Å². The van der Waals surface area contributed by atoms with Gasteiger partial charge in [-0.15, -0.1) is 0 Å². The molecule has 0 bridgehead atoms. The lowest BCUT2D eigenvalue weighted by Crippen LogP contribution is -2.41. The number of hydrogen-bond donors (Lipinski definition) is 1. The van der Waals surface area contributed by atoms with Crippen molar-refractivity contribution >= 4 is 17.3 Å². The third-order valence-electron chi connectivity index (χ3n) is 5.15. The van der Waals surface area contributed by atoms with Crippen LogP contribution in [0.25, 0.3) is 11.2 Å². The highest BCUT2D eigenvalue weighted by molar-refractivity contribution is 5.71. The number of hydrogen-bond acceptors (Lipinski definition) is 5. The van der Waals surface area contributed by atoms with Crippen molar-refractivity contribution in [2.24, 2.45) is 5.92 Å². The SMILES string of the molecule is O=C(OCc1ccccc1)N1CCCC(Cn2c(CO)nc3cccnc32)C1. The Bertz CT molecular complexity index is 941. The number of piperidine rings is 1. The van der Waals surface area contributed by atoms with Gasteiger partial charge in [-0.25, -0.2) is 14.8 Å². The van der Waals surface area contributed by atoms with Gasteiger partial charge in [-0.05, 0) is 36.5 Å². The summed E-state index contributed by atoms with van der Waals surface area (Å²) in [5, 5.41) is 9.67. The van der Waals surface area contributed by atoms with Crippen LogP contribution < -0.4 is 0 Å². The first kappa shape index (κ1) is 18.4. The van der Waals surface area contributed by atoms with Crippen LogP contribution in [0, 0.1) is 5.92 Å². The van der Waals surface area contributed by atoms with Gasteiger partial charge in [0.05, 0.1) is 0 Å². The van der Waals surface area contributed by atoms with Gasteiger partial charge in [0.15, 0.2) is 5.65 Å². The quantitative estimate of drug-likeness (QED) is 0.736. The number of nitrogens with zero attached hydrogens (tertiary/aromatic N) is 4. The summed E-state index contributed by atoms with van der Waals surface area (Å²) >= 11 is 0. The van der Waals surface area contributed by atoms with E-state index in [-0.39, 0.29) is 25.2 Å². The Morgan fingerprint density at radius 3 is 2.89 bits per heavy atom. The number of ether oxygens (including phenoxy) is 1. The van der Waals surface area contributed by atoms with Crippen LogP contribution in [-0.2, 0) is 24.5 Å². The smallest absolute Gasteiger partial charge is 0.410 e. The van der Waals surface area contributed by atoms with Crippen LogP contribution in [-0.4, -0.2) is 43.7 Å². The second-order valence-corrected chi connectivity index (χ2v) is 7.14. The standard InChI is InChI=1S/C21H24N4O3/c26-14-19-23-18-9-4-10-22-20(18)25(19)13-17-8-5-11-24(12-17)21(27)28-15-16-6-2-1-3-7-16/h1-4,6-7,9-10,17,26H,5,8,11-15H2. The fraction of sp³-hybridized carbons (Fsp3) is 0.381. The second kappa shape index (κ2) is 8.39. The summed E-state index contributed by atoms with van der Waals surface area (Å²) in [7, 11) is 0. The molecule has 0 radical (unpaired) electrons. The van der Waals surface area contributed by atoms with Crippen molar-refractivity contribution in [1.29, 1.82) is 0 Å². The number of aromatic nitrogens is 3. The summed E-state index contributed by atoms with van der Waals surface area (Å²) < 4.78 is 7.45. The lowest BCUT2D eigenvalue weighted by atomic mass is 9.98. The van der Waals surface area contributed by atoms with Gasteiger partial charge >= 0.3 is 6.09 Å². The summed E-state index contributed by atoms with van der Waals surface area (Å²) in [5.41, 5.74) is 2.53. The molecule has 0 aliphatic carbocycles. The van der Waals surface area contributed by atoms with Crippen molar-refractivity contribution in [3.63, 3.8) is 0 Å². The molecule has 1 atom stereocenters. The minimum atomic E-state index is -0.274. The predicted molar refractivity (Wildman–Crippen MR) is 104 cm³/mol. The number of carbonyl (C=O) groups excluding carboxylic acids is 1. The number of pyridine rings is 1. The summed E-state index contributed by atoms with van der Waals surface area (Å²) in [6.07, 6.45) is 3.40. The second-order valence-electron chi connectivity index (χ2n) is 7.14. The fourth-order valence-corrected chi connectivity index (χ4v) is 3.77. The molecule has 1 fully saturated rings. The Balaban J connectivity index is 1.41. The van der Waals surface area contributed by atoms with Crippen molar-refractivity contribution in [1.82, 2.24) is 19.4 Å². The molecule has 1 aliphatic rings. The maximum absolute atomic E-state index is 12.5. The lowest BCUT2D eigenvalue weighted by Gasteiger charge is -2.32. The molecule has 146 valence electrons. The zero-order chi connectivity index (χ0) is 19.3. The molecule has 28 heavy (non-hydrogen) atoms. The van der Waals surface area contributed by atoms with Gasteiger partial charge < -0.3 is 19.3 Å². The van der Waals surface area contributed by atoms with Crippen molar-refractivity contribution in [2.45, 2.75) is 32.6 Å². The minimum Gasteiger partial charge on any atom is -0.445 e. The van der Waals surface area contributed by atoms with E-state index < -0.39 is 0 Å². The molecule has 3 heterocycles. The first-order valence-electron chi connectivity index (χ1n) is 9.61. The third kappa shape index (κ3) is 3.99. The fourth-order valence-electron chi connectivity index (χ4n) is 3.77. The van der Waals surface area contributed by atoms with Crippen LogP contribution >= 0.6 is 0 Å². The van der Waals surface area contributed by atoms with E-state index in [2.05, 4.69) is 9.97 Å². The summed E-state index contributed by atoms with van der Waals surface area (Å²) in [4.78, 5) is 23.1. The van der Waals surface area contributed by atoms with Crippen molar-refractivity contribution in [3.8, 4) is 0 Å². The van der Waals surface area contributed by atoms with Crippen LogP contribution in [0.1, 0.15) is 24.2 Å². The van der Waals surface area contributed by atoms with Crippen molar-refractivity contribution in [2.75, 3.05) is 13.1 Å². The maximum atomic E-state index is 12.5. The van der Waals surface area contributed by atoms with Gasteiger partial charge in [0.25, 0.3) is 0 Å². The third-order valence-corrected chi connectivity index (χ3v) is 5.15. The number of carbonyl (C=O) groups is 1. The van der Waals surface area contributed by atoms with E-state index in [4.69, 9.17) is 4.74 Å². The number of aliphatic hydroxyl groups excluding tert-OH is 1. The lowest BCUT2D eigenvalue weighted by molar-refractivity contribution is 0.0767. The van der Waals surface area contributed by atoms with Crippen LogP contribution in [0.5, 0.6) is 0 Å². The van der Waals surface area contributed by atoms with E-state index in [1.807, 2.05) is 47.0 Å². The zero-order valence-electron chi connectivity index (χ0n) is 15.7. The Kier molecular flexibility index (Phi) is 5.53. The Morgan fingerprint density at radius 2 is 2.07 bits per heavy atom. The van der Waals surface area contributed by atoms with E-state index >= 15 is 0 Å². The molecule has 1 aliphatic heterocycles. The molecule has 0 saturated carbocycles. The van der Waals surface area contributed by atoms with Crippen LogP contribution in [0.15, 0.2) is 48.7 Å². The molecule has 1 amide bonds. The molecule has 1 N–H and O–H groups in total. The van der Waals surface area contributed by atoms with Gasteiger partial charge in [0.2, 0.25) is 0 Å². The molecule has 1 unspecified atom stereocenters. The molecule has 7 heteroatoms. The summed E-state index contributed by atoms with van der Waals surface area (Å²) in [5.74, 6) is 0.875. The monoisotopic (exact) mass is 380 g/mol. The number of amides is 1. The Morgan fingerprint density at radius 1 is 1.21 bits per heavy atom.